The van der Waals surface area contributed by atoms with Gasteiger partial charge in [-0.1, -0.05) is 17.7 Å². The zero-order chi connectivity index (χ0) is 16.9. The van der Waals surface area contributed by atoms with Crippen LogP contribution in [-0.2, 0) is 9.59 Å². The van der Waals surface area contributed by atoms with Crippen LogP contribution in [0.1, 0.15) is 24.7 Å². The molecule has 0 spiro atoms. The maximum atomic E-state index is 13.1. The highest BCUT2D eigenvalue weighted by Gasteiger charge is 2.18. The van der Waals surface area contributed by atoms with Crippen LogP contribution >= 0.6 is 23.4 Å². The van der Waals surface area contributed by atoms with Crippen molar-refractivity contribution in [2.75, 3.05) is 19.8 Å². The first-order valence-corrected chi connectivity index (χ1v) is 8.22. The minimum Gasteiger partial charge on any atom is -0.347 e. The van der Waals surface area contributed by atoms with Crippen molar-refractivity contribution in [3.8, 4) is 0 Å². The third-order valence-electron chi connectivity index (χ3n) is 3.07. The van der Waals surface area contributed by atoms with E-state index < -0.39 is 11.9 Å². The summed E-state index contributed by atoms with van der Waals surface area (Å²) in [7, 11) is 3.28. The lowest BCUT2D eigenvalue weighted by molar-refractivity contribution is -0.133. The van der Waals surface area contributed by atoms with E-state index in [1.807, 2.05) is 6.92 Å². The monoisotopic (exact) mass is 346 g/mol. The second kappa shape index (κ2) is 8.39. The van der Waals surface area contributed by atoms with E-state index in [0.717, 1.165) is 5.56 Å². The lowest BCUT2D eigenvalue weighted by atomic mass is 10.2. The first-order valence-electron chi connectivity index (χ1n) is 6.79. The highest BCUT2D eigenvalue weighted by atomic mass is 35.5. The molecule has 22 heavy (non-hydrogen) atoms. The van der Waals surface area contributed by atoms with Crippen LogP contribution in [-0.4, -0.2) is 42.6 Å². The molecule has 2 amide bonds. The number of rotatable bonds is 6. The van der Waals surface area contributed by atoms with Gasteiger partial charge in [0.2, 0.25) is 11.8 Å². The molecule has 0 heterocycles. The topological polar surface area (TPSA) is 49.4 Å². The van der Waals surface area contributed by atoms with Crippen molar-refractivity contribution in [3.63, 3.8) is 0 Å². The van der Waals surface area contributed by atoms with E-state index in [9.17, 15) is 14.0 Å². The molecule has 0 aliphatic rings. The summed E-state index contributed by atoms with van der Waals surface area (Å²) >= 11 is 7.14. The van der Waals surface area contributed by atoms with Crippen molar-refractivity contribution in [3.05, 3.63) is 34.6 Å². The SMILES string of the molecule is C[C@H](NC(=O)CS[C@H](C)c1ccc(F)c(Cl)c1)C(=O)N(C)C. The fourth-order valence-corrected chi connectivity index (χ4v) is 2.81. The van der Waals surface area contributed by atoms with Crippen LogP contribution in [0.15, 0.2) is 18.2 Å². The zero-order valence-corrected chi connectivity index (χ0v) is 14.6. The molecule has 1 N–H and O–H groups in total. The Hall–Kier alpha value is -1.27. The fourth-order valence-electron chi connectivity index (χ4n) is 1.79. The third-order valence-corrected chi connectivity index (χ3v) is 4.56. The van der Waals surface area contributed by atoms with Gasteiger partial charge < -0.3 is 10.2 Å². The number of nitrogens with zero attached hydrogens (tertiary/aromatic N) is 1. The Morgan fingerprint density at radius 3 is 2.55 bits per heavy atom. The number of halogens is 2. The minimum absolute atomic E-state index is 0.0105. The molecule has 0 aromatic heterocycles. The Balaban J connectivity index is 2.49. The van der Waals surface area contributed by atoms with Gasteiger partial charge in [0.05, 0.1) is 10.8 Å². The van der Waals surface area contributed by atoms with Crippen LogP contribution in [0.3, 0.4) is 0 Å². The van der Waals surface area contributed by atoms with Crippen LogP contribution in [0, 0.1) is 5.82 Å². The number of benzene rings is 1. The summed E-state index contributed by atoms with van der Waals surface area (Å²) < 4.78 is 13.1. The van der Waals surface area contributed by atoms with Crippen molar-refractivity contribution < 1.29 is 14.0 Å². The summed E-state index contributed by atoms with van der Waals surface area (Å²) in [5.41, 5.74) is 0.849. The Bertz CT molecular complexity index is 554. The van der Waals surface area contributed by atoms with E-state index in [2.05, 4.69) is 5.32 Å². The average Bonchev–Trinajstić information content (AvgIpc) is 2.46. The van der Waals surface area contributed by atoms with E-state index in [4.69, 9.17) is 11.6 Å². The van der Waals surface area contributed by atoms with Crippen LogP contribution < -0.4 is 5.32 Å². The van der Waals surface area contributed by atoms with E-state index in [0.29, 0.717) is 0 Å². The molecule has 2 atom stereocenters. The second-order valence-electron chi connectivity index (χ2n) is 5.15. The summed E-state index contributed by atoms with van der Waals surface area (Å²) in [6.07, 6.45) is 0. The van der Waals surface area contributed by atoms with Crippen LogP contribution in [0.4, 0.5) is 4.39 Å². The zero-order valence-electron chi connectivity index (χ0n) is 13.0. The van der Waals surface area contributed by atoms with Crippen molar-refractivity contribution in [2.24, 2.45) is 0 Å². The third kappa shape index (κ3) is 5.50. The molecule has 0 aliphatic carbocycles. The van der Waals surface area contributed by atoms with Gasteiger partial charge in [0.25, 0.3) is 0 Å². The molecular formula is C15H20ClFN2O2S. The molecule has 4 nitrogen and oxygen atoms in total. The van der Waals surface area contributed by atoms with E-state index in [1.54, 1.807) is 33.2 Å². The number of carbonyl (C=O) groups excluding carboxylic acids is 2. The molecule has 0 fully saturated rings. The molecular weight excluding hydrogens is 327 g/mol. The molecule has 1 rings (SSSR count). The van der Waals surface area contributed by atoms with Gasteiger partial charge >= 0.3 is 0 Å². The standard InChI is InChI=1S/C15H20ClFN2O2S/c1-9(15(21)19(3)4)18-14(20)8-22-10(2)11-5-6-13(17)12(16)7-11/h5-7,9-10H,8H2,1-4H3,(H,18,20)/t9-,10+/m0/s1. The maximum absolute atomic E-state index is 13.1. The van der Waals surface area contributed by atoms with Gasteiger partial charge in [-0.3, -0.25) is 9.59 Å². The normalized spacial score (nSPS) is 13.4. The molecule has 0 saturated heterocycles. The van der Waals surface area contributed by atoms with Gasteiger partial charge in [0.15, 0.2) is 0 Å². The summed E-state index contributed by atoms with van der Waals surface area (Å²) in [6.45, 7) is 3.56. The predicted molar refractivity (Wildman–Crippen MR) is 88.6 cm³/mol. The minimum atomic E-state index is -0.557. The van der Waals surface area contributed by atoms with E-state index in [1.165, 1.54) is 22.7 Å². The number of hydrogen-bond acceptors (Lipinski definition) is 3. The molecule has 1 aromatic carbocycles. The first kappa shape index (κ1) is 18.8. The van der Waals surface area contributed by atoms with Crippen molar-refractivity contribution in [2.45, 2.75) is 25.1 Å². The van der Waals surface area contributed by atoms with Gasteiger partial charge in [0.1, 0.15) is 11.9 Å². The van der Waals surface area contributed by atoms with Crippen LogP contribution in [0.5, 0.6) is 0 Å². The van der Waals surface area contributed by atoms with E-state index in [-0.39, 0.29) is 27.8 Å². The van der Waals surface area contributed by atoms with Crippen molar-refractivity contribution >= 4 is 35.2 Å². The summed E-state index contributed by atoms with van der Waals surface area (Å²) in [4.78, 5) is 24.9. The van der Waals surface area contributed by atoms with Gasteiger partial charge in [-0.25, -0.2) is 4.39 Å². The highest BCUT2D eigenvalue weighted by Crippen LogP contribution is 2.30. The van der Waals surface area contributed by atoms with Gasteiger partial charge in [-0.05, 0) is 31.5 Å². The van der Waals surface area contributed by atoms with E-state index >= 15 is 0 Å². The Morgan fingerprint density at radius 1 is 1.36 bits per heavy atom. The molecule has 0 bridgehead atoms. The summed E-state index contributed by atoms with van der Waals surface area (Å²) in [5.74, 6) is -0.623. The molecule has 7 heteroatoms. The average molecular weight is 347 g/mol. The summed E-state index contributed by atoms with van der Waals surface area (Å²) in [5, 5.41) is 2.71. The Kier molecular flexibility index (Phi) is 7.16. The lowest BCUT2D eigenvalue weighted by Gasteiger charge is -2.18. The van der Waals surface area contributed by atoms with Crippen LogP contribution in [0.25, 0.3) is 0 Å². The van der Waals surface area contributed by atoms with Crippen molar-refractivity contribution in [1.82, 2.24) is 10.2 Å². The number of hydrogen-bond donors (Lipinski definition) is 1. The second-order valence-corrected chi connectivity index (χ2v) is 6.88. The predicted octanol–water partition coefficient (Wildman–Crippen LogP) is 2.87. The molecule has 0 radical (unpaired) electrons. The van der Waals surface area contributed by atoms with Crippen LogP contribution in [0.2, 0.25) is 5.02 Å². The molecule has 0 aliphatic heterocycles. The maximum Gasteiger partial charge on any atom is 0.244 e. The molecule has 0 unspecified atom stereocenters. The Labute approximate surface area is 139 Å². The lowest BCUT2D eigenvalue weighted by Crippen LogP contribution is -2.44. The van der Waals surface area contributed by atoms with Gasteiger partial charge in [-0.2, -0.15) is 0 Å². The summed E-state index contributed by atoms with van der Waals surface area (Å²) in [6, 6.07) is 3.96. The number of carbonyl (C=O) groups is 2. The quantitative estimate of drug-likeness (QED) is 0.861. The number of nitrogens with one attached hydrogen (secondary N) is 1. The van der Waals surface area contributed by atoms with Gasteiger partial charge in [0, 0.05) is 19.3 Å². The largest absolute Gasteiger partial charge is 0.347 e. The number of likely N-dealkylation sites (N-methyl/N-ethyl adjacent to an activating group) is 1. The first-order chi connectivity index (χ1) is 10.2. The Morgan fingerprint density at radius 2 is 2.00 bits per heavy atom. The molecule has 1 aromatic rings. The van der Waals surface area contributed by atoms with Crippen molar-refractivity contribution in [1.29, 1.82) is 0 Å². The molecule has 0 saturated carbocycles. The number of amides is 2. The smallest absolute Gasteiger partial charge is 0.244 e. The number of thioether (sulfide) groups is 1. The highest BCUT2D eigenvalue weighted by molar-refractivity contribution is 8.00. The molecule has 122 valence electrons. The van der Waals surface area contributed by atoms with Gasteiger partial charge in [-0.15, -0.1) is 11.8 Å². The fraction of sp³-hybridized carbons (Fsp3) is 0.467.